The van der Waals surface area contributed by atoms with Gasteiger partial charge >= 0.3 is 0 Å². The molecule has 19 heavy (non-hydrogen) atoms. The van der Waals surface area contributed by atoms with E-state index in [4.69, 9.17) is 9.47 Å². The van der Waals surface area contributed by atoms with Gasteiger partial charge in [-0.1, -0.05) is 12.8 Å². The van der Waals surface area contributed by atoms with Gasteiger partial charge in [-0.2, -0.15) is 0 Å². The first kappa shape index (κ1) is 14.1. The summed E-state index contributed by atoms with van der Waals surface area (Å²) in [5.74, 6) is 1.94. The van der Waals surface area contributed by atoms with Crippen LogP contribution in [0, 0.1) is 5.92 Å². The third kappa shape index (κ3) is 3.35. The molecular weight excluding hydrogens is 242 g/mol. The largest absolute Gasteiger partial charge is 0.481 e. The van der Waals surface area contributed by atoms with Crippen molar-refractivity contribution in [3.63, 3.8) is 0 Å². The van der Waals surface area contributed by atoms with Crippen LogP contribution in [0.3, 0.4) is 0 Å². The zero-order chi connectivity index (χ0) is 13.7. The fraction of sp³-hybridized carbons (Fsp3) is 0.714. The molecule has 5 heteroatoms. The van der Waals surface area contributed by atoms with Gasteiger partial charge in [0.15, 0.2) is 0 Å². The Morgan fingerprint density at radius 1 is 1.21 bits per heavy atom. The van der Waals surface area contributed by atoms with Crippen LogP contribution in [-0.2, 0) is 6.54 Å². The zero-order valence-electron chi connectivity index (χ0n) is 12.0. The van der Waals surface area contributed by atoms with Crippen molar-refractivity contribution in [2.75, 3.05) is 14.2 Å². The molecule has 1 fully saturated rings. The zero-order valence-corrected chi connectivity index (χ0v) is 12.0. The number of nitrogens with zero attached hydrogens (tertiary/aromatic N) is 2. The van der Waals surface area contributed by atoms with Crippen LogP contribution in [0.5, 0.6) is 11.8 Å². The number of ether oxygens (including phenoxy) is 2. The summed E-state index contributed by atoms with van der Waals surface area (Å²) in [5, 5.41) is 3.55. The lowest BCUT2D eigenvalue weighted by Crippen LogP contribution is -2.32. The predicted octanol–water partition coefficient (Wildman–Crippen LogP) is 2.16. The van der Waals surface area contributed by atoms with Crippen LogP contribution in [0.4, 0.5) is 0 Å². The molecule has 1 N–H and O–H groups in total. The Labute approximate surface area is 114 Å². The lowest BCUT2D eigenvalue weighted by atomic mass is 10.00. The molecule has 1 aliphatic carbocycles. The van der Waals surface area contributed by atoms with Crippen LogP contribution >= 0.6 is 0 Å². The first-order chi connectivity index (χ1) is 9.26. The van der Waals surface area contributed by atoms with E-state index >= 15 is 0 Å². The van der Waals surface area contributed by atoms with Crippen LogP contribution in [-0.4, -0.2) is 30.2 Å². The van der Waals surface area contributed by atoms with Crippen molar-refractivity contribution in [1.29, 1.82) is 0 Å². The predicted molar refractivity (Wildman–Crippen MR) is 73.4 cm³/mol. The van der Waals surface area contributed by atoms with Crippen molar-refractivity contribution in [3.05, 3.63) is 11.9 Å². The highest BCUT2D eigenvalue weighted by Gasteiger charge is 2.22. The quantitative estimate of drug-likeness (QED) is 0.854. The third-order valence-electron chi connectivity index (χ3n) is 3.96. The normalized spacial score (nSPS) is 17.4. The number of methoxy groups -OCH3 is 2. The van der Waals surface area contributed by atoms with Gasteiger partial charge in [0.1, 0.15) is 6.33 Å². The van der Waals surface area contributed by atoms with E-state index in [1.54, 1.807) is 14.2 Å². The highest BCUT2D eigenvalue weighted by molar-refractivity contribution is 5.34. The average Bonchev–Trinajstić information content (AvgIpc) is 2.98. The Kier molecular flexibility index (Phi) is 4.96. The number of nitrogens with one attached hydrogen (secondary N) is 1. The van der Waals surface area contributed by atoms with Gasteiger partial charge in [-0.05, 0) is 25.7 Å². The van der Waals surface area contributed by atoms with Crippen molar-refractivity contribution in [3.8, 4) is 11.8 Å². The molecule has 0 aromatic carbocycles. The van der Waals surface area contributed by atoms with E-state index in [1.165, 1.54) is 32.0 Å². The van der Waals surface area contributed by atoms with E-state index in [1.807, 2.05) is 0 Å². The van der Waals surface area contributed by atoms with Gasteiger partial charge in [-0.25, -0.2) is 9.97 Å². The van der Waals surface area contributed by atoms with Crippen molar-refractivity contribution >= 4 is 0 Å². The molecule has 5 nitrogen and oxygen atoms in total. The van der Waals surface area contributed by atoms with Crippen LogP contribution in [0.2, 0.25) is 0 Å². The van der Waals surface area contributed by atoms with Crippen molar-refractivity contribution in [1.82, 2.24) is 15.3 Å². The Bertz CT molecular complexity index is 383. The molecule has 1 heterocycles. The number of hydrogen-bond acceptors (Lipinski definition) is 5. The maximum absolute atomic E-state index is 5.27. The summed E-state index contributed by atoms with van der Waals surface area (Å²) in [7, 11) is 3.23. The number of aromatic nitrogens is 2. The van der Waals surface area contributed by atoms with Gasteiger partial charge < -0.3 is 14.8 Å². The molecule has 2 rings (SSSR count). The minimum Gasteiger partial charge on any atom is -0.481 e. The minimum absolute atomic E-state index is 0.497. The number of rotatable bonds is 6. The maximum atomic E-state index is 5.27. The molecule has 1 aromatic rings. The maximum Gasteiger partial charge on any atom is 0.224 e. The van der Waals surface area contributed by atoms with E-state index in [-0.39, 0.29) is 0 Å². The molecule has 0 saturated heterocycles. The van der Waals surface area contributed by atoms with E-state index in [9.17, 15) is 0 Å². The molecular formula is C14H23N3O2. The molecule has 0 amide bonds. The Hall–Kier alpha value is -1.36. The molecule has 1 aromatic heterocycles. The fourth-order valence-corrected chi connectivity index (χ4v) is 2.77. The van der Waals surface area contributed by atoms with Crippen LogP contribution < -0.4 is 14.8 Å². The lowest BCUT2D eigenvalue weighted by molar-refractivity contribution is 0.344. The Morgan fingerprint density at radius 3 is 2.32 bits per heavy atom. The van der Waals surface area contributed by atoms with Crippen LogP contribution in [0.25, 0.3) is 0 Å². The molecule has 0 bridgehead atoms. The monoisotopic (exact) mass is 265 g/mol. The minimum atomic E-state index is 0.497. The standard InChI is InChI=1S/C14H23N3O2/c1-10(11-6-4-5-7-11)15-8-12-13(18-2)16-9-17-14(12)19-3/h9-11,15H,4-8H2,1-3H3/t10-/m1/s1. The first-order valence-corrected chi connectivity index (χ1v) is 6.91. The highest BCUT2D eigenvalue weighted by atomic mass is 16.5. The summed E-state index contributed by atoms with van der Waals surface area (Å²) >= 11 is 0. The molecule has 0 spiro atoms. The molecule has 1 atom stereocenters. The van der Waals surface area contributed by atoms with Gasteiger partial charge in [-0.3, -0.25) is 0 Å². The van der Waals surface area contributed by atoms with E-state index in [2.05, 4.69) is 22.2 Å². The third-order valence-corrected chi connectivity index (χ3v) is 3.96. The van der Waals surface area contributed by atoms with Crippen molar-refractivity contribution < 1.29 is 9.47 Å². The smallest absolute Gasteiger partial charge is 0.224 e. The second kappa shape index (κ2) is 6.70. The van der Waals surface area contributed by atoms with E-state index in [0.717, 1.165) is 11.5 Å². The summed E-state index contributed by atoms with van der Waals surface area (Å²) in [5.41, 5.74) is 0.886. The molecule has 1 saturated carbocycles. The Morgan fingerprint density at radius 2 is 1.79 bits per heavy atom. The van der Waals surface area contributed by atoms with E-state index < -0.39 is 0 Å². The van der Waals surface area contributed by atoms with Crippen molar-refractivity contribution in [2.24, 2.45) is 5.92 Å². The summed E-state index contributed by atoms with van der Waals surface area (Å²) in [6, 6.07) is 0.497. The van der Waals surface area contributed by atoms with Gasteiger partial charge in [0.2, 0.25) is 11.8 Å². The van der Waals surface area contributed by atoms with E-state index in [0.29, 0.717) is 24.3 Å². The average molecular weight is 265 g/mol. The first-order valence-electron chi connectivity index (χ1n) is 6.91. The molecule has 0 aliphatic heterocycles. The lowest BCUT2D eigenvalue weighted by Gasteiger charge is -2.21. The van der Waals surface area contributed by atoms with Gasteiger partial charge in [0.25, 0.3) is 0 Å². The molecule has 0 unspecified atom stereocenters. The second-order valence-corrected chi connectivity index (χ2v) is 5.08. The summed E-state index contributed by atoms with van der Waals surface area (Å²) in [6.07, 6.45) is 6.83. The van der Waals surface area contributed by atoms with Crippen LogP contribution in [0.15, 0.2) is 6.33 Å². The topological polar surface area (TPSA) is 56.3 Å². The molecule has 106 valence electrons. The molecule has 0 radical (unpaired) electrons. The molecule has 1 aliphatic rings. The summed E-state index contributed by atoms with van der Waals surface area (Å²) in [4.78, 5) is 8.26. The Balaban J connectivity index is 2.01. The summed E-state index contributed by atoms with van der Waals surface area (Å²) < 4.78 is 10.5. The van der Waals surface area contributed by atoms with Crippen molar-refractivity contribution in [2.45, 2.75) is 45.2 Å². The fourth-order valence-electron chi connectivity index (χ4n) is 2.77. The van der Waals surface area contributed by atoms with Gasteiger partial charge in [0, 0.05) is 12.6 Å². The van der Waals surface area contributed by atoms with Gasteiger partial charge in [0.05, 0.1) is 19.8 Å². The highest BCUT2D eigenvalue weighted by Crippen LogP contribution is 2.28. The van der Waals surface area contributed by atoms with Crippen LogP contribution in [0.1, 0.15) is 38.2 Å². The number of hydrogen-bond donors (Lipinski definition) is 1. The summed E-state index contributed by atoms with van der Waals surface area (Å²) in [6.45, 7) is 2.92. The SMILES string of the molecule is COc1ncnc(OC)c1CN[C@H](C)C1CCCC1. The second-order valence-electron chi connectivity index (χ2n) is 5.08. The van der Waals surface area contributed by atoms with Gasteiger partial charge in [-0.15, -0.1) is 0 Å².